The van der Waals surface area contributed by atoms with Gasteiger partial charge in [0.25, 0.3) is 5.91 Å². The minimum atomic E-state index is -0.254. The lowest BCUT2D eigenvalue weighted by Gasteiger charge is -2.36. The Hall–Kier alpha value is -2.67. The molecule has 2 heterocycles. The molecule has 1 saturated carbocycles. The Morgan fingerprint density at radius 1 is 1.12 bits per heavy atom. The smallest absolute Gasteiger partial charge is 0.259 e. The monoisotopic (exact) mass is 455 g/mol. The molecule has 2 aromatic rings. The number of hydrogen-bond acceptors (Lipinski definition) is 4. The van der Waals surface area contributed by atoms with Crippen molar-refractivity contribution in [1.29, 1.82) is 0 Å². The first-order chi connectivity index (χ1) is 16.0. The molecule has 0 bridgehead atoms. The summed E-state index contributed by atoms with van der Waals surface area (Å²) in [6.07, 6.45) is 5.44. The highest BCUT2D eigenvalue weighted by Gasteiger charge is 2.29. The predicted molar refractivity (Wildman–Crippen MR) is 127 cm³/mol. The number of pyridine rings is 1. The molecule has 33 heavy (non-hydrogen) atoms. The molecular formula is C26H34FN3O3. The molecule has 0 spiro atoms. The zero-order valence-corrected chi connectivity index (χ0v) is 19.7. The molecule has 0 atom stereocenters. The van der Waals surface area contributed by atoms with E-state index in [1.807, 2.05) is 17.9 Å². The molecule has 1 aromatic carbocycles. The van der Waals surface area contributed by atoms with Crippen LogP contribution in [-0.2, 0) is 17.7 Å². The van der Waals surface area contributed by atoms with E-state index in [0.29, 0.717) is 56.5 Å². The number of aromatic nitrogens is 1. The van der Waals surface area contributed by atoms with Gasteiger partial charge in [-0.1, -0.05) is 37.8 Å². The van der Waals surface area contributed by atoms with Crippen LogP contribution in [0.15, 0.2) is 35.1 Å². The lowest BCUT2D eigenvalue weighted by Crippen LogP contribution is -2.50. The van der Waals surface area contributed by atoms with E-state index < -0.39 is 0 Å². The fraction of sp³-hybridized carbons (Fsp3) is 0.538. The van der Waals surface area contributed by atoms with Crippen molar-refractivity contribution in [3.8, 4) is 0 Å². The van der Waals surface area contributed by atoms with Crippen molar-refractivity contribution in [3.63, 3.8) is 0 Å². The van der Waals surface area contributed by atoms with Crippen molar-refractivity contribution >= 4 is 11.6 Å². The molecule has 1 amide bonds. The van der Waals surface area contributed by atoms with Crippen LogP contribution in [-0.4, -0.2) is 55.3 Å². The van der Waals surface area contributed by atoms with Gasteiger partial charge in [0, 0.05) is 57.3 Å². The molecule has 6 nitrogen and oxygen atoms in total. The first-order valence-corrected chi connectivity index (χ1v) is 12.0. The van der Waals surface area contributed by atoms with Gasteiger partial charge >= 0.3 is 0 Å². The molecule has 0 radical (unpaired) electrons. The Bertz CT molecular complexity index is 1040. The highest BCUT2D eigenvalue weighted by molar-refractivity contribution is 5.95. The molecule has 178 valence electrons. The number of halogens is 1. The van der Waals surface area contributed by atoms with Crippen LogP contribution < -0.4 is 10.3 Å². The number of para-hydroxylation sites is 1. The molecule has 1 aliphatic carbocycles. The first-order valence-electron chi connectivity index (χ1n) is 12.0. The Balaban J connectivity index is 1.60. The molecule has 2 fully saturated rings. The van der Waals surface area contributed by atoms with Gasteiger partial charge in [0.15, 0.2) is 5.43 Å². The lowest BCUT2D eigenvalue weighted by molar-refractivity contribution is 0.0742. The fourth-order valence-electron chi connectivity index (χ4n) is 5.27. The second kappa shape index (κ2) is 10.5. The highest BCUT2D eigenvalue weighted by atomic mass is 19.1. The van der Waals surface area contributed by atoms with Crippen molar-refractivity contribution in [2.24, 2.45) is 5.92 Å². The Morgan fingerprint density at radius 3 is 2.48 bits per heavy atom. The third-order valence-corrected chi connectivity index (χ3v) is 7.08. The van der Waals surface area contributed by atoms with E-state index in [2.05, 4.69) is 4.57 Å². The van der Waals surface area contributed by atoms with Crippen LogP contribution in [0.1, 0.15) is 47.4 Å². The maximum absolute atomic E-state index is 14.2. The van der Waals surface area contributed by atoms with Gasteiger partial charge in [-0.05, 0) is 31.4 Å². The maximum atomic E-state index is 14.2. The molecule has 1 aromatic heterocycles. The molecule has 1 aliphatic heterocycles. The number of carbonyl (C=O) groups is 1. The number of anilines is 1. The topological polar surface area (TPSA) is 54.8 Å². The third kappa shape index (κ3) is 5.13. The van der Waals surface area contributed by atoms with E-state index in [0.717, 1.165) is 30.7 Å². The fourth-order valence-corrected chi connectivity index (χ4v) is 5.27. The maximum Gasteiger partial charge on any atom is 0.259 e. The van der Waals surface area contributed by atoms with Gasteiger partial charge in [-0.3, -0.25) is 9.59 Å². The zero-order chi connectivity index (χ0) is 23.4. The second-order valence-electron chi connectivity index (χ2n) is 9.20. The largest absolute Gasteiger partial charge is 0.383 e. The van der Waals surface area contributed by atoms with Crippen LogP contribution in [0.2, 0.25) is 0 Å². The van der Waals surface area contributed by atoms with E-state index in [1.54, 1.807) is 30.2 Å². The van der Waals surface area contributed by atoms with Gasteiger partial charge in [0.2, 0.25) is 0 Å². The van der Waals surface area contributed by atoms with Crippen molar-refractivity contribution in [3.05, 3.63) is 63.3 Å². The summed E-state index contributed by atoms with van der Waals surface area (Å²) >= 11 is 0. The number of aryl methyl sites for hydroxylation is 1. The summed E-state index contributed by atoms with van der Waals surface area (Å²) in [5.41, 5.74) is 2.39. The van der Waals surface area contributed by atoms with Gasteiger partial charge in [0.05, 0.1) is 12.3 Å². The summed E-state index contributed by atoms with van der Waals surface area (Å²) in [4.78, 5) is 30.5. The standard InChI is InChI=1S/C26H34FN3O3/c1-19-17-24(31)25(23(30(19)15-16-33-2)18-20-7-3-4-8-20)26(32)29-13-11-28(12-14-29)22-10-6-5-9-21(22)27/h5-6,9-10,17,20H,3-4,7-8,11-16,18H2,1-2H3. The quantitative estimate of drug-likeness (QED) is 0.640. The average Bonchev–Trinajstić information content (AvgIpc) is 3.32. The summed E-state index contributed by atoms with van der Waals surface area (Å²) in [7, 11) is 1.66. The second-order valence-corrected chi connectivity index (χ2v) is 9.20. The number of hydrogen-bond donors (Lipinski definition) is 0. The van der Waals surface area contributed by atoms with Crippen molar-refractivity contribution in [2.75, 3.05) is 44.8 Å². The summed E-state index contributed by atoms with van der Waals surface area (Å²) in [5, 5.41) is 0. The molecule has 0 N–H and O–H groups in total. The van der Waals surface area contributed by atoms with Crippen LogP contribution >= 0.6 is 0 Å². The average molecular weight is 456 g/mol. The molecule has 7 heteroatoms. The van der Waals surface area contributed by atoms with E-state index >= 15 is 0 Å². The van der Waals surface area contributed by atoms with Gasteiger partial charge in [-0.25, -0.2) is 4.39 Å². The van der Waals surface area contributed by atoms with Crippen LogP contribution in [0.4, 0.5) is 10.1 Å². The number of amides is 1. The Labute approximate surface area is 195 Å². The number of methoxy groups -OCH3 is 1. The normalized spacial score (nSPS) is 17.1. The zero-order valence-electron chi connectivity index (χ0n) is 19.7. The Kier molecular flexibility index (Phi) is 7.48. The summed E-state index contributed by atoms with van der Waals surface area (Å²) in [5.74, 6) is 0.0486. The van der Waals surface area contributed by atoms with E-state index in [1.165, 1.54) is 18.9 Å². The molecule has 4 rings (SSSR count). The van der Waals surface area contributed by atoms with Crippen molar-refractivity contribution in [1.82, 2.24) is 9.47 Å². The number of ether oxygens (including phenoxy) is 1. The van der Waals surface area contributed by atoms with E-state index in [4.69, 9.17) is 4.74 Å². The van der Waals surface area contributed by atoms with Crippen molar-refractivity contribution < 1.29 is 13.9 Å². The van der Waals surface area contributed by atoms with Gasteiger partial charge in [-0.15, -0.1) is 0 Å². The minimum absolute atomic E-state index is 0.198. The van der Waals surface area contributed by atoms with Gasteiger partial charge in [0.1, 0.15) is 11.4 Å². The van der Waals surface area contributed by atoms with Crippen LogP contribution in [0.3, 0.4) is 0 Å². The summed E-state index contributed by atoms with van der Waals surface area (Å²) in [6, 6.07) is 8.30. The number of rotatable bonds is 7. The highest BCUT2D eigenvalue weighted by Crippen LogP contribution is 2.29. The van der Waals surface area contributed by atoms with Gasteiger partial charge in [-0.2, -0.15) is 0 Å². The van der Waals surface area contributed by atoms with E-state index in [-0.39, 0.29) is 17.2 Å². The number of piperazine rings is 1. The number of carbonyl (C=O) groups excluding carboxylic acids is 1. The first kappa shape index (κ1) is 23.5. The number of nitrogens with zero attached hydrogens (tertiary/aromatic N) is 3. The summed E-state index contributed by atoms with van der Waals surface area (Å²) in [6.45, 7) is 5.06. The Morgan fingerprint density at radius 2 is 1.82 bits per heavy atom. The van der Waals surface area contributed by atoms with Crippen LogP contribution in [0.25, 0.3) is 0 Å². The SMILES string of the molecule is COCCn1c(C)cc(=O)c(C(=O)N2CCN(c3ccccc3F)CC2)c1CC1CCCC1. The molecule has 1 saturated heterocycles. The molecule has 0 unspecified atom stereocenters. The minimum Gasteiger partial charge on any atom is -0.383 e. The van der Waals surface area contributed by atoms with Crippen molar-refractivity contribution in [2.45, 2.75) is 45.6 Å². The lowest BCUT2D eigenvalue weighted by atomic mass is 9.96. The predicted octanol–water partition coefficient (Wildman–Crippen LogP) is 3.64. The third-order valence-electron chi connectivity index (χ3n) is 7.08. The summed E-state index contributed by atoms with van der Waals surface area (Å²) < 4.78 is 21.6. The molecule has 2 aliphatic rings. The van der Waals surface area contributed by atoms with E-state index in [9.17, 15) is 14.0 Å². The van der Waals surface area contributed by atoms with Crippen LogP contribution in [0, 0.1) is 18.7 Å². The van der Waals surface area contributed by atoms with Gasteiger partial charge < -0.3 is 19.1 Å². The van der Waals surface area contributed by atoms with Crippen LogP contribution in [0.5, 0.6) is 0 Å². The number of benzene rings is 1. The molecular weight excluding hydrogens is 421 g/mol.